The van der Waals surface area contributed by atoms with Crippen LogP contribution < -0.4 is 10.1 Å². The Morgan fingerprint density at radius 2 is 2.04 bits per heavy atom. The highest BCUT2D eigenvalue weighted by Gasteiger charge is 2.08. The van der Waals surface area contributed by atoms with Crippen molar-refractivity contribution in [3.05, 3.63) is 70.3 Å². The molecule has 3 aromatic rings. The Bertz CT molecular complexity index is 971. The number of methoxy groups -OCH3 is 1. The van der Waals surface area contributed by atoms with Gasteiger partial charge in [-0.3, -0.25) is 9.78 Å². The third kappa shape index (κ3) is 4.10. The number of anilines is 1. The van der Waals surface area contributed by atoms with Gasteiger partial charge in [0.1, 0.15) is 5.75 Å². The van der Waals surface area contributed by atoms with E-state index in [1.54, 1.807) is 43.6 Å². The van der Waals surface area contributed by atoms with Gasteiger partial charge in [-0.1, -0.05) is 35.3 Å². The molecule has 1 N–H and O–H groups in total. The molecule has 25 heavy (non-hydrogen) atoms. The molecule has 3 rings (SSSR count). The molecule has 0 bridgehead atoms. The number of nitrogens with one attached hydrogen (secondary N) is 1. The van der Waals surface area contributed by atoms with Crippen molar-refractivity contribution in [1.82, 2.24) is 4.98 Å². The number of carbonyl (C=O) groups excluding carboxylic acids is 1. The van der Waals surface area contributed by atoms with Crippen LogP contribution in [0.15, 0.2) is 54.7 Å². The number of rotatable bonds is 4. The number of hydrogen-bond acceptors (Lipinski definition) is 3. The van der Waals surface area contributed by atoms with Crippen LogP contribution in [0.4, 0.5) is 5.69 Å². The van der Waals surface area contributed by atoms with Crippen molar-refractivity contribution in [2.75, 3.05) is 12.4 Å². The van der Waals surface area contributed by atoms with Gasteiger partial charge in [0.05, 0.1) is 18.3 Å². The van der Waals surface area contributed by atoms with Gasteiger partial charge in [-0.25, -0.2) is 0 Å². The number of amides is 1. The SMILES string of the molecule is COc1cc(NC(=O)C=Cc2ccc(Cl)cc2Cl)c2ncccc2c1. The minimum absolute atomic E-state index is 0.300. The van der Waals surface area contributed by atoms with Gasteiger partial charge in [-0.05, 0) is 35.9 Å². The van der Waals surface area contributed by atoms with E-state index in [-0.39, 0.29) is 5.91 Å². The lowest BCUT2D eigenvalue weighted by atomic mass is 10.1. The topological polar surface area (TPSA) is 51.2 Å². The molecule has 2 aromatic carbocycles. The average molecular weight is 373 g/mol. The van der Waals surface area contributed by atoms with Gasteiger partial charge in [-0.15, -0.1) is 0 Å². The molecule has 0 fully saturated rings. The highest BCUT2D eigenvalue weighted by Crippen LogP contribution is 2.28. The Balaban J connectivity index is 1.85. The number of aromatic nitrogens is 1. The van der Waals surface area contributed by atoms with E-state index in [2.05, 4.69) is 10.3 Å². The summed E-state index contributed by atoms with van der Waals surface area (Å²) in [6.07, 6.45) is 4.71. The third-order valence-corrected chi connectivity index (χ3v) is 4.11. The molecule has 1 heterocycles. The Hall–Kier alpha value is -2.56. The fourth-order valence-corrected chi connectivity index (χ4v) is 2.83. The summed E-state index contributed by atoms with van der Waals surface area (Å²) >= 11 is 12.0. The van der Waals surface area contributed by atoms with E-state index in [4.69, 9.17) is 27.9 Å². The van der Waals surface area contributed by atoms with Crippen LogP contribution in [0.25, 0.3) is 17.0 Å². The van der Waals surface area contributed by atoms with Crippen LogP contribution in [-0.2, 0) is 4.79 Å². The summed E-state index contributed by atoms with van der Waals surface area (Å²) < 4.78 is 5.27. The van der Waals surface area contributed by atoms with Crippen LogP contribution in [0.2, 0.25) is 10.0 Å². The zero-order valence-electron chi connectivity index (χ0n) is 13.3. The van der Waals surface area contributed by atoms with Gasteiger partial charge < -0.3 is 10.1 Å². The van der Waals surface area contributed by atoms with Gasteiger partial charge in [0.25, 0.3) is 0 Å². The Labute approximate surface area is 155 Å². The maximum absolute atomic E-state index is 12.3. The summed E-state index contributed by atoms with van der Waals surface area (Å²) in [4.78, 5) is 16.6. The zero-order valence-corrected chi connectivity index (χ0v) is 14.8. The maximum atomic E-state index is 12.3. The van der Waals surface area contributed by atoms with Crippen LogP contribution in [0.1, 0.15) is 5.56 Å². The van der Waals surface area contributed by atoms with Crippen molar-refractivity contribution in [1.29, 1.82) is 0 Å². The number of nitrogens with zero attached hydrogens (tertiary/aromatic N) is 1. The molecule has 126 valence electrons. The molecule has 1 aromatic heterocycles. The second kappa shape index (κ2) is 7.55. The first kappa shape index (κ1) is 17.3. The van der Waals surface area contributed by atoms with Crippen molar-refractivity contribution in [2.45, 2.75) is 0 Å². The second-order valence-corrected chi connectivity index (χ2v) is 6.08. The summed E-state index contributed by atoms with van der Waals surface area (Å²) in [6.45, 7) is 0. The first-order chi connectivity index (χ1) is 12.1. The summed E-state index contributed by atoms with van der Waals surface area (Å²) in [6, 6.07) is 12.4. The van der Waals surface area contributed by atoms with Crippen LogP contribution in [0, 0.1) is 0 Å². The summed E-state index contributed by atoms with van der Waals surface area (Å²) in [5.41, 5.74) is 1.97. The number of carbonyl (C=O) groups is 1. The van der Waals surface area contributed by atoms with E-state index in [9.17, 15) is 4.79 Å². The number of ether oxygens (including phenoxy) is 1. The van der Waals surface area contributed by atoms with Crippen LogP contribution in [-0.4, -0.2) is 18.0 Å². The van der Waals surface area contributed by atoms with E-state index in [0.29, 0.717) is 32.6 Å². The molecule has 4 nitrogen and oxygen atoms in total. The molecule has 0 aliphatic carbocycles. The number of benzene rings is 2. The molecular formula is C19H14Cl2N2O2. The molecule has 0 radical (unpaired) electrons. The van der Waals surface area contributed by atoms with Gasteiger partial charge in [-0.2, -0.15) is 0 Å². The van der Waals surface area contributed by atoms with Gasteiger partial charge in [0, 0.05) is 33.8 Å². The molecule has 0 saturated carbocycles. The number of halogens is 2. The Morgan fingerprint density at radius 3 is 2.80 bits per heavy atom. The summed E-state index contributed by atoms with van der Waals surface area (Å²) in [5, 5.41) is 4.72. The van der Waals surface area contributed by atoms with E-state index < -0.39 is 0 Å². The summed E-state index contributed by atoms with van der Waals surface area (Å²) in [7, 11) is 1.57. The van der Waals surface area contributed by atoms with Crippen molar-refractivity contribution < 1.29 is 9.53 Å². The lowest BCUT2D eigenvalue weighted by Gasteiger charge is -2.09. The lowest BCUT2D eigenvalue weighted by Crippen LogP contribution is -2.08. The standard InChI is InChI=1S/C19H14Cl2N2O2/c1-25-15-9-13-3-2-8-22-19(13)17(11-15)23-18(24)7-5-12-4-6-14(20)10-16(12)21/h2-11H,1H3,(H,23,24). The third-order valence-electron chi connectivity index (χ3n) is 3.55. The Morgan fingerprint density at radius 1 is 1.20 bits per heavy atom. The first-order valence-corrected chi connectivity index (χ1v) is 8.19. The minimum Gasteiger partial charge on any atom is -0.497 e. The molecule has 1 amide bonds. The van der Waals surface area contributed by atoms with Crippen molar-refractivity contribution in [3.63, 3.8) is 0 Å². The van der Waals surface area contributed by atoms with Crippen LogP contribution in [0.5, 0.6) is 5.75 Å². The molecule has 0 atom stereocenters. The van der Waals surface area contributed by atoms with E-state index >= 15 is 0 Å². The molecule has 0 spiro atoms. The smallest absolute Gasteiger partial charge is 0.248 e. The minimum atomic E-state index is -0.300. The molecule has 0 saturated heterocycles. The maximum Gasteiger partial charge on any atom is 0.248 e. The lowest BCUT2D eigenvalue weighted by molar-refractivity contribution is -0.111. The van der Waals surface area contributed by atoms with Crippen molar-refractivity contribution >= 4 is 51.8 Å². The highest BCUT2D eigenvalue weighted by molar-refractivity contribution is 6.35. The second-order valence-electron chi connectivity index (χ2n) is 5.24. The highest BCUT2D eigenvalue weighted by atomic mass is 35.5. The first-order valence-electron chi connectivity index (χ1n) is 7.44. The molecular weight excluding hydrogens is 359 g/mol. The normalized spacial score (nSPS) is 11.0. The van der Waals surface area contributed by atoms with E-state index in [0.717, 1.165) is 5.39 Å². The largest absolute Gasteiger partial charge is 0.497 e. The van der Waals surface area contributed by atoms with Gasteiger partial charge in [0.15, 0.2) is 0 Å². The predicted molar refractivity (Wildman–Crippen MR) is 102 cm³/mol. The molecule has 0 unspecified atom stereocenters. The zero-order chi connectivity index (χ0) is 17.8. The average Bonchev–Trinajstić information content (AvgIpc) is 2.60. The quantitative estimate of drug-likeness (QED) is 0.640. The Kier molecular flexibility index (Phi) is 5.22. The number of fused-ring (bicyclic) bond motifs is 1. The van der Waals surface area contributed by atoms with Crippen molar-refractivity contribution in [2.24, 2.45) is 0 Å². The molecule has 0 aliphatic rings. The van der Waals surface area contributed by atoms with Crippen LogP contribution in [0.3, 0.4) is 0 Å². The van der Waals surface area contributed by atoms with Gasteiger partial charge in [0.2, 0.25) is 5.91 Å². The van der Waals surface area contributed by atoms with E-state index in [1.165, 1.54) is 6.08 Å². The van der Waals surface area contributed by atoms with E-state index in [1.807, 2.05) is 18.2 Å². The number of hydrogen-bond donors (Lipinski definition) is 1. The fourth-order valence-electron chi connectivity index (χ4n) is 2.35. The van der Waals surface area contributed by atoms with Gasteiger partial charge >= 0.3 is 0 Å². The fraction of sp³-hybridized carbons (Fsp3) is 0.0526. The predicted octanol–water partition coefficient (Wildman–Crippen LogP) is 5.20. The molecule has 6 heteroatoms. The monoisotopic (exact) mass is 372 g/mol. The van der Waals surface area contributed by atoms with Crippen molar-refractivity contribution in [3.8, 4) is 5.75 Å². The number of pyridine rings is 1. The molecule has 0 aliphatic heterocycles. The summed E-state index contributed by atoms with van der Waals surface area (Å²) in [5.74, 6) is 0.340. The van der Waals surface area contributed by atoms with Crippen LogP contribution >= 0.6 is 23.2 Å².